The number of amides is 2. The van der Waals surface area contributed by atoms with Crippen LogP contribution in [0.4, 0.5) is 0 Å². The summed E-state index contributed by atoms with van der Waals surface area (Å²) in [6.07, 6.45) is 4.87. The molecule has 0 fully saturated rings. The zero-order chi connectivity index (χ0) is 32.5. The number of ether oxygens (including phenoxy) is 3. The van der Waals surface area contributed by atoms with Crippen molar-refractivity contribution in [2.75, 3.05) is 20.8 Å². The number of hydrogen-bond donors (Lipinski definition) is 0. The highest BCUT2D eigenvalue weighted by Crippen LogP contribution is 2.38. The highest BCUT2D eigenvalue weighted by molar-refractivity contribution is 6.19. The van der Waals surface area contributed by atoms with Crippen LogP contribution in [-0.4, -0.2) is 53.4 Å². The first-order chi connectivity index (χ1) is 22.2. The molecule has 9 heteroatoms. The number of hydrogen-bond acceptors (Lipinski definition) is 7. The van der Waals surface area contributed by atoms with Crippen molar-refractivity contribution in [2.24, 2.45) is 0 Å². The Kier molecular flexibility index (Phi) is 8.20. The number of imide groups is 1. The Morgan fingerprint density at radius 2 is 1.78 bits per heavy atom. The van der Waals surface area contributed by atoms with Gasteiger partial charge in [-0.25, -0.2) is 4.68 Å². The summed E-state index contributed by atoms with van der Waals surface area (Å²) < 4.78 is 18.6. The van der Waals surface area contributed by atoms with E-state index in [0.717, 1.165) is 45.0 Å². The van der Waals surface area contributed by atoms with Crippen LogP contribution in [0.3, 0.4) is 0 Å². The zero-order valence-corrected chi connectivity index (χ0v) is 26.5. The SMILES string of the molecule is COc1ccc(CCN2C(=O)C(C#N)=C(C)/C(=C\c3cn(-c4ccccc4)nc3-c3cc(C)c4c(c3)CC(C)O4)C2=O)cc1OC. The number of carbonyl (C=O) groups excluding carboxylic acids is 2. The highest BCUT2D eigenvalue weighted by atomic mass is 16.5. The fourth-order valence-electron chi connectivity index (χ4n) is 6.05. The van der Waals surface area contributed by atoms with Gasteiger partial charge in [0.05, 0.1) is 25.6 Å². The molecule has 1 unspecified atom stereocenters. The average Bonchev–Trinajstić information content (AvgIpc) is 3.66. The van der Waals surface area contributed by atoms with Gasteiger partial charge in [0.1, 0.15) is 23.5 Å². The molecule has 3 heterocycles. The third kappa shape index (κ3) is 5.54. The summed E-state index contributed by atoms with van der Waals surface area (Å²) in [5, 5.41) is 15.0. The van der Waals surface area contributed by atoms with Crippen LogP contribution >= 0.6 is 0 Å². The molecule has 1 atom stereocenters. The van der Waals surface area contributed by atoms with Crippen molar-refractivity contribution in [1.29, 1.82) is 5.26 Å². The van der Waals surface area contributed by atoms with Gasteiger partial charge in [-0.05, 0) is 91.9 Å². The van der Waals surface area contributed by atoms with E-state index in [4.69, 9.17) is 19.3 Å². The van der Waals surface area contributed by atoms with Gasteiger partial charge in [-0.1, -0.05) is 24.3 Å². The van der Waals surface area contributed by atoms with Gasteiger partial charge in [-0.2, -0.15) is 10.4 Å². The molecule has 6 rings (SSSR count). The number of benzene rings is 3. The van der Waals surface area contributed by atoms with Crippen molar-refractivity contribution >= 4 is 17.9 Å². The zero-order valence-electron chi connectivity index (χ0n) is 26.5. The Hall–Kier alpha value is -5.62. The number of fused-ring (bicyclic) bond motifs is 1. The summed E-state index contributed by atoms with van der Waals surface area (Å²) in [7, 11) is 3.11. The van der Waals surface area contributed by atoms with Crippen molar-refractivity contribution in [2.45, 2.75) is 39.7 Å². The first-order valence-corrected chi connectivity index (χ1v) is 15.1. The fourth-order valence-corrected chi connectivity index (χ4v) is 6.05. The van der Waals surface area contributed by atoms with Gasteiger partial charge in [0.15, 0.2) is 11.5 Å². The molecule has 0 saturated carbocycles. The molecule has 2 amide bonds. The molecule has 0 bridgehead atoms. The minimum atomic E-state index is -0.605. The number of aromatic nitrogens is 2. The molecular weight excluding hydrogens is 580 g/mol. The Morgan fingerprint density at radius 3 is 2.50 bits per heavy atom. The van der Waals surface area contributed by atoms with Gasteiger partial charge in [0.2, 0.25) is 0 Å². The molecule has 2 aliphatic heterocycles. The summed E-state index contributed by atoms with van der Waals surface area (Å²) >= 11 is 0. The Labute approximate surface area is 267 Å². The normalized spacial score (nSPS) is 16.8. The van der Waals surface area contributed by atoms with Gasteiger partial charge >= 0.3 is 0 Å². The van der Waals surface area contributed by atoms with E-state index in [9.17, 15) is 14.9 Å². The molecule has 0 aliphatic carbocycles. The van der Waals surface area contributed by atoms with Crippen LogP contribution in [0.15, 0.2) is 83.6 Å². The van der Waals surface area contributed by atoms with Crippen LogP contribution in [0.5, 0.6) is 17.2 Å². The predicted octanol–water partition coefficient (Wildman–Crippen LogP) is 6.02. The van der Waals surface area contributed by atoms with Crippen LogP contribution in [-0.2, 0) is 22.4 Å². The Balaban J connectivity index is 1.42. The van der Waals surface area contributed by atoms with E-state index < -0.39 is 11.8 Å². The second kappa shape index (κ2) is 12.4. The highest BCUT2D eigenvalue weighted by Gasteiger charge is 2.35. The minimum absolute atomic E-state index is 0.0605. The fraction of sp³-hybridized carbons (Fsp3) is 0.243. The lowest BCUT2D eigenvalue weighted by Gasteiger charge is -2.27. The molecule has 0 saturated heterocycles. The smallest absolute Gasteiger partial charge is 0.271 e. The summed E-state index contributed by atoms with van der Waals surface area (Å²) in [4.78, 5) is 28.6. The Bertz CT molecular complexity index is 1970. The second-order valence-electron chi connectivity index (χ2n) is 11.5. The molecule has 0 radical (unpaired) electrons. The number of carbonyl (C=O) groups is 2. The van der Waals surface area contributed by atoms with E-state index in [1.165, 1.54) is 0 Å². The first kappa shape index (κ1) is 30.4. The lowest BCUT2D eigenvalue weighted by atomic mass is 9.92. The van der Waals surface area contributed by atoms with E-state index >= 15 is 0 Å². The van der Waals surface area contributed by atoms with Crippen molar-refractivity contribution in [1.82, 2.24) is 14.7 Å². The molecule has 9 nitrogen and oxygen atoms in total. The van der Waals surface area contributed by atoms with E-state index in [0.29, 0.717) is 34.8 Å². The number of aryl methyl sites for hydroxylation is 1. The second-order valence-corrected chi connectivity index (χ2v) is 11.5. The van der Waals surface area contributed by atoms with Crippen molar-refractivity contribution in [3.05, 3.63) is 106 Å². The van der Waals surface area contributed by atoms with Gasteiger partial charge in [-0.15, -0.1) is 0 Å². The topological polar surface area (TPSA) is 107 Å². The minimum Gasteiger partial charge on any atom is -0.493 e. The quantitative estimate of drug-likeness (QED) is 0.176. The molecule has 2 aliphatic rings. The van der Waals surface area contributed by atoms with E-state index in [2.05, 4.69) is 6.07 Å². The monoisotopic (exact) mass is 614 g/mol. The maximum absolute atomic E-state index is 14.0. The van der Waals surface area contributed by atoms with E-state index in [1.54, 1.807) is 38.0 Å². The van der Waals surface area contributed by atoms with Gasteiger partial charge in [0, 0.05) is 35.9 Å². The van der Waals surface area contributed by atoms with Crippen molar-refractivity contribution < 1.29 is 23.8 Å². The maximum atomic E-state index is 14.0. The number of nitriles is 1. The molecule has 0 N–H and O–H groups in total. The van der Waals surface area contributed by atoms with Gasteiger partial charge in [-0.3, -0.25) is 14.5 Å². The summed E-state index contributed by atoms with van der Waals surface area (Å²) in [6, 6.07) is 21.4. The summed E-state index contributed by atoms with van der Waals surface area (Å²) in [5.41, 5.74) is 6.63. The van der Waals surface area contributed by atoms with Crippen LogP contribution in [0.2, 0.25) is 0 Å². The van der Waals surface area contributed by atoms with Crippen molar-refractivity contribution in [3.63, 3.8) is 0 Å². The number of methoxy groups -OCH3 is 2. The molecule has 4 aromatic rings. The van der Waals surface area contributed by atoms with Crippen LogP contribution in [0.25, 0.3) is 23.0 Å². The van der Waals surface area contributed by atoms with E-state index in [-0.39, 0.29) is 23.8 Å². The maximum Gasteiger partial charge on any atom is 0.271 e. The molecule has 0 spiro atoms. The van der Waals surface area contributed by atoms with Crippen LogP contribution in [0, 0.1) is 18.3 Å². The summed E-state index contributed by atoms with van der Waals surface area (Å²) in [5.74, 6) is 0.969. The summed E-state index contributed by atoms with van der Waals surface area (Å²) in [6.45, 7) is 5.80. The predicted molar refractivity (Wildman–Crippen MR) is 174 cm³/mol. The van der Waals surface area contributed by atoms with Crippen LogP contribution in [0.1, 0.15) is 36.1 Å². The first-order valence-electron chi connectivity index (χ1n) is 15.1. The molecule has 3 aromatic carbocycles. The lowest BCUT2D eigenvalue weighted by Crippen LogP contribution is -2.43. The van der Waals surface area contributed by atoms with Gasteiger partial charge in [0.25, 0.3) is 11.8 Å². The number of nitrogens with zero attached hydrogens (tertiary/aromatic N) is 4. The van der Waals surface area contributed by atoms with E-state index in [1.807, 2.05) is 74.6 Å². The third-order valence-electron chi connectivity index (χ3n) is 8.41. The van der Waals surface area contributed by atoms with Crippen LogP contribution < -0.4 is 14.2 Å². The molecule has 232 valence electrons. The average molecular weight is 615 g/mol. The third-order valence-corrected chi connectivity index (χ3v) is 8.41. The van der Waals surface area contributed by atoms with Crippen molar-refractivity contribution in [3.8, 4) is 40.3 Å². The Morgan fingerprint density at radius 1 is 1.02 bits per heavy atom. The molecule has 46 heavy (non-hydrogen) atoms. The molecule has 1 aromatic heterocycles. The number of para-hydroxylation sites is 1. The van der Waals surface area contributed by atoms with Gasteiger partial charge < -0.3 is 14.2 Å². The molecular formula is C37H34N4O5. The lowest BCUT2D eigenvalue weighted by molar-refractivity contribution is -0.140. The number of rotatable bonds is 8. The standard InChI is InChI=1S/C37H34N4O5/c1-22-15-26(18-27-16-23(2)46-35(22)27)34-28(21-41(39-34)29-9-7-6-8-10-29)19-30-24(3)31(20-38)37(43)40(36(30)42)14-13-25-11-12-32(44-4)33(17-25)45-5/h6-12,15,17-19,21,23H,13-14,16H2,1-5H3/b30-19+. The largest absolute Gasteiger partial charge is 0.493 e.